The summed E-state index contributed by atoms with van der Waals surface area (Å²) in [6.45, 7) is 0.136. The Hall–Kier alpha value is -2.11. The number of fused-ring (bicyclic) bond motifs is 1. The summed E-state index contributed by atoms with van der Waals surface area (Å²) in [6.07, 6.45) is 0.284. The zero-order valence-electron chi connectivity index (χ0n) is 9.56. The van der Waals surface area contributed by atoms with Crippen LogP contribution in [0.2, 0.25) is 0 Å². The number of carboxylic acid groups (broad SMARTS) is 1. The number of carbonyl (C=O) groups is 2. The lowest BCUT2D eigenvalue weighted by Crippen LogP contribution is -2.39. The lowest BCUT2D eigenvalue weighted by atomic mass is 10.2. The maximum atomic E-state index is 13.2. The van der Waals surface area contributed by atoms with E-state index in [1.165, 1.54) is 23.1 Å². The summed E-state index contributed by atoms with van der Waals surface area (Å²) in [5, 5.41) is 8.56. The molecule has 0 saturated carbocycles. The summed E-state index contributed by atoms with van der Waals surface area (Å²) >= 11 is 0. The van der Waals surface area contributed by atoms with Crippen LogP contribution in [0, 0.1) is 5.82 Å². The van der Waals surface area contributed by atoms with E-state index in [-0.39, 0.29) is 25.5 Å². The molecule has 5 nitrogen and oxygen atoms in total. The van der Waals surface area contributed by atoms with Crippen LogP contribution in [0.15, 0.2) is 18.2 Å². The second-order valence-corrected chi connectivity index (χ2v) is 3.94. The van der Waals surface area contributed by atoms with Gasteiger partial charge in [-0.3, -0.25) is 9.59 Å². The van der Waals surface area contributed by atoms with Gasteiger partial charge in [0, 0.05) is 19.0 Å². The molecule has 1 aromatic carbocycles. The number of aliphatic carboxylic acids is 1. The highest BCUT2D eigenvalue weighted by Gasteiger charge is 2.25. The molecular formula is C12H12FNO4. The van der Waals surface area contributed by atoms with E-state index in [1.54, 1.807) is 0 Å². The minimum atomic E-state index is -0.921. The average Bonchev–Trinajstić information content (AvgIpc) is 2.31. The Morgan fingerprint density at radius 2 is 2.28 bits per heavy atom. The molecule has 0 radical (unpaired) electrons. The van der Waals surface area contributed by atoms with E-state index in [2.05, 4.69) is 0 Å². The number of halogens is 1. The highest BCUT2D eigenvalue weighted by Crippen LogP contribution is 2.32. The van der Waals surface area contributed by atoms with Crippen LogP contribution in [0.1, 0.15) is 12.8 Å². The Morgan fingerprint density at radius 1 is 1.50 bits per heavy atom. The Labute approximate surface area is 103 Å². The Balaban J connectivity index is 2.16. The summed E-state index contributed by atoms with van der Waals surface area (Å²) in [5.74, 6) is -1.24. The van der Waals surface area contributed by atoms with Crippen molar-refractivity contribution in [3.05, 3.63) is 24.0 Å². The normalized spacial score (nSPS) is 14.1. The second-order valence-electron chi connectivity index (χ2n) is 3.94. The molecule has 2 rings (SSSR count). The first-order chi connectivity index (χ1) is 8.58. The molecule has 1 aliphatic heterocycles. The summed E-state index contributed by atoms with van der Waals surface area (Å²) in [6, 6.07) is 3.93. The molecule has 1 N–H and O–H groups in total. The van der Waals surface area contributed by atoms with Crippen LogP contribution in [0.4, 0.5) is 10.1 Å². The highest BCUT2D eigenvalue weighted by molar-refractivity contribution is 5.97. The molecule has 0 unspecified atom stereocenters. The van der Waals surface area contributed by atoms with Crippen molar-refractivity contribution in [2.75, 3.05) is 18.1 Å². The summed E-state index contributed by atoms with van der Waals surface area (Å²) in [4.78, 5) is 23.5. The van der Waals surface area contributed by atoms with E-state index in [4.69, 9.17) is 9.84 Å². The third kappa shape index (κ3) is 2.58. The van der Waals surface area contributed by atoms with Gasteiger partial charge in [0.25, 0.3) is 5.91 Å². The van der Waals surface area contributed by atoms with Crippen LogP contribution in [0.25, 0.3) is 0 Å². The van der Waals surface area contributed by atoms with Gasteiger partial charge < -0.3 is 14.7 Å². The predicted molar refractivity (Wildman–Crippen MR) is 61.1 cm³/mol. The molecule has 0 aliphatic carbocycles. The molecule has 0 atom stereocenters. The van der Waals surface area contributed by atoms with E-state index in [9.17, 15) is 14.0 Å². The van der Waals surface area contributed by atoms with Gasteiger partial charge in [-0.05, 0) is 18.6 Å². The van der Waals surface area contributed by atoms with Gasteiger partial charge in [0.1, 0.15) is 11.6 Å². The largest absolute Gasteiger partial charge is 0.482 e. The summed E-state index contributed by atoms with van der Waals surface area (Å²) < 4.78 is 18.3. The number of nitrogens with zero attached hydrogens (tertiary/aromatic N) is 1. The molecule has 1 aromatic rings. The Kier molecular flexibility index (Phi) is 3.45. The van der Waals surface area contributed by atoms with Gasteiger partial charge in [0.2, 0.25) is 0 Å². The van der Waals surface area contributed by atoms with Crippen molar-refractivity contribution in [3.8, 4) is 5.75 Å². The van der Waals surface area contributed by atoms with Crippen LogP contribution in [-0.4, -0.2) is 30.1 Å². The smallest absolute Gasteiger partial charge is 0.303 e. The van der Waals surface area contributed by atoms with Gasteiger partial charge in [-0.2, -0.15) is 0 Å². The first-order valence-electron chi connectivity index (χ1n) is 5.52. The summed E-state index contributed by atoms with van der Waals surface area (Å²) in [7, 11) is 0. The van der Waals surface area contributed by atoms with E-state index < -0.39 is 11.8 Å². The molecule has 1 heterocycles. The molecule has 1 aliphatic rings. The van der Waals surface area contributed by atoms with Crippen LogP contribution in [0.3, 0.4) is 0 Å². The van der Waals surface area contributed by atoms with Crippen molar-refractivity contribution in [2.24, 2.45) is 0 Å². The third-order valence-electron chi connectivity index (χ3n) is 2.64. The zero-order chi connectivity index (χ0) is 13.1. The lowest BCUT2D eigenvalue weighted by molar-refractivity contribution is -0.137. The SMILES string of the molecule is O=C(O)CCCN1C(=O)COc2ccc(F)cc21. The first kappa shape index (κ1) is 12.3. The van der Waals surface area contributed by atoms with E-state index in [0.717, 1.165) is 0 Å². The standard InChI is InChI=1S/C12H12FNO4/c13-8-3-4-10-9(6-8)14(11(15)7-18-10)5-1-2-12(16)17/h3-4,6H,1-2,5,7H2,(H,16,17). The van der Waals surface area contributed by atoms with E-state index >= 15 is 0 Å². The Morgan fingerprint density at radius 3 is 3.00 bits per heavy atom. The minimum Gasteiger partial charge on any atom is -0.482 e. The fourth-order valence-corrected chi connectivity index (χ4v) is 1.81. The molecule has 0 aromatic heterocycles. The lowest BCUT2D eigenvalue weighted by Gasteiger charge is -2.29. The second kappa shape index (κ2) is 5.03. The highest BCUT2D eigenvalue weighted by atomic mass is 19.1. The van der Waals surface area contributed by atoms with Crippen LogP contribution in [-0.2, 0) is 9.59 Å². The maximum absolute atomic E-state index is 13.2. The molecular weight excluding hydrogens is 241 g/mol. The number of rotatable bonds is 4. The number of amides is 1. The van der Waals surface area contributed by atoms with Crippen molar-refractivity contribution < 1.29 is 23.8 Å². The van der Waals surface area contributed by atoms with Crippen molar-refractivity contribution >= 4 is 17.6 Å². The number of benzene rings is 1. The van der Waals surface area contributed by atoms with E-state index in [0.29, 0.717) is 17.9 Å². The van der Waals surface area contributed by atoms with Gasteiger partial charge in [0.15, 0.2) is 6.61 Å². The fourth-order valence-electron chi connectivity index (χ4n) is 1.81. The van der Waals surface area contributed by atoms with Crippen molar-refractivity contribution in [2.45, 2.75) is 12.8 Å². The number of ether oxygens (including phenoxy) is 1. The molecule has 0 saturated heterocycles. The Bertz CT molecular complexity index is 489. The van der Waals surface area contributed by atoms with Crippen LogP contribution >= 0.6 is 0 Å². The van der Waals surface area contributed by atoms with Gasteiger partial charge in [-0.15, -0.1) is 0 Å². The summed E-state index contributed by atoms with van der Waals surface area (Å²) in [5.41, 5.74) is 0.358. The number of anilines is 1. The molecule has 1 amide bonds. The van der Waals surface area contributed by atoms with Gasteiger partial charge in [-0.1, -0.05) is 0 Å². The number of carbonyl (C=O) groups excluding carboxylic acids is 1. The van der Waals surface area contributed by atoms with Crippen molar-refractivity contribution in [3.63, 3.8) is 0 Å². The maximum Gasteiger partial charge on any atom is 0.303 e. The van der Waals surface area contributed by atoms with Gasteiger partial charge in [0.05, 0.1) is 5.69 Å². The molecule has 0 bridgehead atoms. The minimum absolute atomic E-state index is 0.0325. The fraction of sp³-hybridized carbons (Fsp3) is 0.333. The number of hydrogen-bond acceptors (Lipinski definition) is 3. The van der Waals surface area contributed by atoms with Crippen molar-refractivity contribution in [1.82, 2.24) is 0 Å². The van der Waals surface area contributed by atoms with Crippen LogP contribution < -0.4 is 9.64 Å². The van der Waals surface area contributed by atoms with Crippen LogP contribution in [0.5, 0.6) is 5.75 Å². The molecule has 0 spiro atoms. The van der Waals surface area contributed by atoms with E-state index in [1.807, 2.05) is 0 Å². The quantitative estimate of drug-likeness (QED) is 0.881. The van der Waals surface area contributed by atoms with Gasteiger partial charge >= 0.3 is 5.97 Å². The van der Waals surface area contributed by atoms with Gasteiger partial charge in [-0.25, -0.2) is 4.39 Å². The molecule has 96 valence electrons. The number of carboxylic acids is 1. The zero-order valence-corrected chi connectivity index (χ0v) is 9.56. The number of hydrogen-bond donors (Lipinski definition) is 1. The monoisotopic (exact) mass is 253 g/mol. The van der Waals surface area contributed by atoms with Crippen molar-refractivity contribution in [1.29, 1.82) is 0 Å². The average molecular weight is 253 g/mol. The first-order valence-corrected chi connectivity index (χ1v) is 5.52. The predicted octanol–water partition coefficient (Wildman–Crippen LogP) is 1.42. The molecule has 18 heavy (non-hydrogen) atoms. The molecule has 6 heteroatoms. The third-order valence-corrected chi connectivity index (χ3v) is 2.64. The topological polar surface area (TPSA) is 66.8 Å². The molecule has 0 fully saturated rings.